The molecule has 0 atom stereocenters. The Balaban J connectivity index is 1.77. The van der Waals surface area contributed by atoms with E-state index in [9.17, 15) is 13.2 Å². The molecule has 134 valence electrons. The molecule has 2 aromatic carbocycles. The highest BCUT2D eigenvalue weighted by Gasteiger charge is 2.08. The number of allylic oxidation sites excluding steroid dienone is 1. The van der Waals surface area contributed by atoms with Gasteiger partial charge < -0.3 is 9.15 Å². The molecule has 3 rings (SSSR count). The minimum Gasteiger partial charge on any atom is -0.493 e. The van der Waals surface area contributed by atoms with E-state index in [-0.39, 0.29) is 5.78 Å². The van der Waals surface area contributed by atoms with Crippen LogP contribution in [0.2, 0.25) is 0 Å². The fourth-order valence-corrected chi connectivity index (χ4v) is 3.03. The number of furan rings is 1. The second kappa shape index (κ2) is 7.05. The summed E-state index contributed by atoms with van der Waals surface area (Å²) in [6, 6.07) is 13.6. The third kappa shape index (κ3) is 4.12. The van der Waals surface area contributed by atoms with Gasteiger partial charge in [-0.25, -0.2) is 8.42 Å². The Morgan fingerprint density at radius 1 is 1.15 bits per heavy atom. The second-order valence-corrected chi connectivity index (χ2v) is 7.43. The van der Waals surface area contributed by atoms with Crippen molar-refractivity contribution in [2.75, 3.05) is 18.1 Å². The lowest BCUT2D eigenvalue weighted by atomic mass is 10.1. The lowest BCUT2D eigenvalue weighted by Crippen LogP contribution is -2.09. The van der Waals surface area contributed by atoms with Crippen LogP contribution in [0.25, 0.3) is 17.0 Å². The van der Waals surface area contributed by atoms with E-state index < -0.39 is 10.0 Å². The molecule has 7 heteroatoms. The second-order valence-electron chi connectivity index (χ2n) is 5.68. The number of sulfonamides is 1. The maximum atomic E-state index is 12.3. The number of methoxy groups -OCH3 is 1. The predicted molar refractivity (Wildman–Crippen MR) is 101 cm³/mol. The lowest BCUT2D eigenvalue weighted by molar-refractivity contribution is 0.104. The van der Waals surface area contributed by atoms with Crippen molar-refractivity contribution in [2.45, 2.75) is 0 Å². The molecule has 1 heterocycles. The van der Waals surface area contributed by atoms with E-state index in [2.05, 4.69) is 4.72 Å². The molecule has 1 aromatic heterocycles. The predicted octanol–water partition coefficient (Wildman–Crippen LogP) is 3.71. The Hall–Kier alpha value is -3.06. The van der Waals surface area contributed by atoms with Crippen molar-refractivity contribution in [3.05, 3.63) is 65.9 Å². The Labute approximate surface area is 151 Å². The zero-order valence-electron chi connectivity index (χ0n) is 14.2. The number of fused-ring (bicyclic) bond motifs is 1. The van der Waals surface area contributed by atoms with Gasteiger partial charge in [0.2, 0.25) is 10.0 Å². The average molecular weight is 371 g/mol. The first-order valence-electron chi connectivity index (χ1n) is 7.72. The summed E-state index contributed by atoms with van der Waals surface area (Å²) in [5.41, 5.74) is 1.46. The number of carbonyl (C=O) groups is 1. The van der Waals surface area contributed by atoms with Crippen LogP contribution in [0, 0.1) is 0 Å². The van der Waals surface area contributed by atoms with Crippen molar-refractivity contribution in [1.29, 1.82) is 0 Å². The molecule has 0 aliphatic rings. The first-order valence-corrected chi connectivity index (χ1v) is 9.62. The maximum absolute atomic E-state index is 12.3. The van der Waals surface area contributed by atoms with Gasteiger partial charge in [0, 0.05) is 16.6 Å². The monoisotopic (exact) mass is 371 g/mol. The summed E-state index contributed by atoms with van der Waals surface area (Å²) in [6.45, 7) is 0. The van der Waals surface area contributed by atoms with Gasteiger partial charge in [-0.1, -0.05) is 12.1 Å². The molecule has 0 saturated heterocycles. The van der Waals surface area contributed by atoms with Crippen LogP contribution in [0.4, 0.5) is 5.69 Å². The number of anilines is 1. The normalized spacial score (nSPS) is 11.8. The van der Waals surface area contributed by atoms with E-state index >= 15 is 0 Å². The minimum atomic E-state index is -3.35. The van der Waals surface area contributed by atoms with Crippen LogP contribution in [0.3, 0.4) is 0 Å². The van der Waals surface area contributed by atoms with Crippen LogP contribution in [0.1, 0.15) is 16.1 Å². The summed E-state index contributed by atoms with van der Waals surface area (Å²) in [6.07, 6.45) is 4.06. The van der Waals surface area contributed by atoms with Crippen LogP contribution in [-0.4, -0.2) is 27.6 Å². The zero-order chi connectivity index (χ0) is 18.7. The number of ketones is 1. The van der Waals surface area contributed by atoms with Gasteiger partial charge in [-0.15, -0.1) is 0 Å². The Kier molecular flexibility index (Phi) is 4.81. The van der Waals surface area contributed by atoms with Gasteiger partial charge in [0.25, 0.3) is 0 Å². The molecule has 0 fully saturated rings. The van der Waals surface area contributed by atoms with Crippen molar-refractivity contribution in [2.24, 2.45) is 0 Å². The lowest BCUT2D eigenvalue weighted by Gasteiger charge is -2.03. The van der Waals surface area contributed by atoms with E-state index in [0.717, 1.165) is 11.6 Å². The van der Waals surface area contributed by atoms with Crippen LogP contribution < -0.4 is 9.46 Å². The summed E-state index contributed by atoms with van der Waals surface area (Å²) in [4.78, 5) is 12.3. The fourth-order valence-electron chi connectivity index (χ4n) is 2.47. The maximum Gasteiger partial charge on any atom is 0.229 e. The molecular weight excluding hydrogens is 354 g/mol. The number of rotatable bonds is 6. The first-order chi connectivity index (χ1) is 12.4. The standard InChI is InChI=1S/C19H17NO5S/c1-24-18-5-3-4-14-12-16(25-19(14)18)10-11-17(21)13-6-8-15(9-7-13)20-26(2,22)23/h3-12,20H,1-2H3. The third-order valence-electron chi connectivity index (χ3n) is 3.62. The minimum absolute atomic E-state index is 0.219. The van der Waals surface area contributed by atoms with Crippen molar-refractivity contribution in [1.82, 2.24) is 0 Å². The van der Waals surface area contributed by atoms with Crippen LogP contribution >= 0.6 is 0 Å². The molecule has 3 aromatic rings. The first kappa shape index (κ1) is 17.8. The molecule has 26 heavy (non-hydrogen) atoms. The number of ether oxygens (including phenoxy) is 1. The summed E-state index contributed by atoms with van der Waals surface area (Å²) >= 11 is 0. The number of hydrogen-bond acceptors (Lipinski definition) is 5. The molecule has 0 aliphatic carbocycles. The van der Waals surface area contributed by atoms with Gasteiger partial charge in [-0.05, 0) is 48.6 Å². The third-order valence-corrected chi connectivity index (χ3v) is 4.23. The van der Waals surface area contributed by atoms with Gasteiger partial charge in [0.05, 0.1) is 13.4 Å². The van der Waals surface area contributed by atoms with E-state index in [4.69, 9.17) is 9.15 Å². The van der Waals surface area contributed by atoms with Crippen molar-refractivity contribution < 1.29 is 22.4 Å². The molecule has 0 radical (unpaired) electrons. The molecule has 6 nitrogen and oxygen atoms in total. The quantitative estimate of drug-likeness (QED) is 0.527. The molecule has 0 aliphatic heterocycles. The topological polar surface area (TPSA) is 85.6 Å². The van der Waals surface area contributed by atoms with E-state index in [1.54, 1.807) is 31.4 Å². The summed E-state index contributed by atoms with van der Waals surface area (Å²) < 4.78 is 35.7. The zero-order valence-corrected chi connectivity index (χ0v) is 15.0. The summed E-state index contributed by atoms with van der Waals surface area (Å²) in [7, 11) is -1.78. The van der Waals surface area contributed by atoms with E-state index in [1.807, 2.05) is 18.2 Å². The smallest absolute Gasteiger partial charge is 0.229 e. The van der Waals surface area contributed by atoms with Gasteiger partial charge in [0.1, 0.15) is 5.76 Å². The highest BCUT2D eigenvalue weighted by Crippen LogP contribution is 2.29. The van der Waals surface area contributed by atoms with E-state index in [0.29, 0.717) is 28.3 Å². The van der Waals surface area contributed by atoms with Gasteiger partial charge in [-0.2, -0.15) is 0 Å². The molecule has 0 spiro atoms. The average Bonchev–Trinajstić information content (AvgIpc) is 3.02. The molecule has 1 N–H and O–H groups in total. The number of benzene rings is 2. The number of nitrogens with one attached hydrogen (secondary N) is 1. The van der Waals surface area contributed by atoms with E-state index in [1.165, 1.54) is 18.2 Å². The van der Waals surface area contributed by atoms with Crippen LogP contribution in [0.5, 0.6) is 5.75 Å². The largest absolute Gasteiger partial charge is 0.493 e. The van der Waals surface area contributed by atoms with Gasteiger partial charge in [-0.3, -0.25) is 9.52 Å². The van der Waals surface area contributed by atoms with Crippen molar-refractivity contribution in [3.63, 3.8) is 0 Å². The Morgan fingerprint density at radius 3 is 2.54 bits per heavy atom. The Morgan fingerprint density at radius 2 is 1.88 bits per heavy atom. The molecule has 0 amide bonds. The SMILES string of the molecule is COc1cccc2cc(C=CC(=O)c3ccc(NS(C)(=O)=O)cc3)oc12. The van der Waals surface area contributed by atoms with Gasteiger partial charge >= 0.3 is 0 Å². The summed E-state index contributed by atoms with van der Waals surface area (Å²) in [5, 5.41) is 0.882. The number of hydrogen-bond donors (Lipinski definition) is 1. The molecule has 0 unspecified atom stereocenters. The number of carbonyl (C=O) groups excluding carboxylic acids is 1. The molecule has 0 bridgehead atoms. The Bertz CT molecular complexity index is 1080. The van der Waals surface area contributed by atoms with Crippen molar-refractivity contribution in [3.8, 4) is 5.75 Å². The number of para-hydroxylation sites is 1. The van der Waals surface area contributed by atoms with Gasteiger partial charge in [0.15, 0.2) is 17.1 Å². The van der Waals surface area contributed by atoms with Crippen LogP contribution in [-0.2, 0) is 10.0 Å². The molecular formula is C19H17NO5S. The van der Waals surface area contributed by atoms with Crippen LogP contribution in [0.15, 0.2) is 59.0 Å². The highest BCUT2D eigenvalue weighted by molar-refractivity contribution is 7.92. The highest BCUT2D eigenvalue weighted by atomic mass is 32.2. The fraction of sp³-hybridized carbons (Fsp3) is 0.105. The summed E-state index contributed by atoms with van der Waals surface area (Å²) in [5.74, 6) is 0.944. The molecule has 0 saturated carbocycles. The van der Waals surface area contributed by atoms with Crippen molar-refractivity contribution >= 4 is 38.5 Å².